The lowest BCUT2D eigenvalue weighted by atomic mass is 10.1. The van der Waals surface area contributed by atoms with Crippen LogP contribution in [-0.2, 0) is 20.8 Å². The van der Waals surface area contributed by atoms with Crippen molar-refractivity contribution in [2.75, 3.05) is 26.9 Å². The van der Waals surface area contributed by atoms with Crippen molar-refractivity contribution < 1.29 is 14.3 Å². The average Bonchev–Trinajstić information content (AvgIpc) is 2.94. The fourth-order valence-corrected chi connectivity index (χ4v) is 3.33. The van der Waals surface area contributed by atoms with E-state index >= 15 is 0 Å². The number of carbonyl (C=O) groups is 1. The number of methoxy groups -OCH3 is 1. The zero-order valence-corrected chi connectivity index (χ0v) is 14.4. The molecule has 1 fully saturated rings. The Labute approximate surface area is 142 Å². The van der Waals surface area contributed by atoms with E-state index < -0.39 is 0 Å². The molecule has 2 aromatic heterocycles. The fourth-order valence-electron chi connectivity index (χ4n) is 3.33. The molecule has 3 heterocycles. The van der Waals surface area contributed by atoms with Gasteiger partial charge < -0.3 is 13.9 Å². The minimum absolute atomic E-state index is 0.165. The Morgan fingerprint density at radius 2 is 2.21 bits per heavy atom. The lowest BCUT2D eigenvalue weighted by molar-refractivity contribution is -0.141. The molecular weight excluding hydrogens is 306 g/mol. The van der Waals surface area contributed by atoms with Crippen LogP contribution in [0.4, 0.5) is 0 Å². The molecule has 6 heteroatoms. The second-order valence-corrected chi connectivity index (χ2v) is 6.21. The van der Waals surface area contributed by atoms with Crippen LogP contribution in [-0.4, -0.2) is 53.2 Å². The number of ether oxygens (including phenoxy) is 2. The molecule has 0 spiro atoms. The topological polar surface area (TPSA) is 56.1 Å². The zero-order chi connectivity index (χ0) is 16.9. The van der Waals surface area contributed by atoms with Gasteiger partial charge in [0, 0.05) is 38.5 Å². The summed E-state index contributed by atoms with van der Waals surface area (Å²) in [5.41, 5.74) is 3.18. The van der Waals surface area contributed by atoms with Crippen molar-refractivity contribution in [3.8, 4) is 0 Å². The van der Waals surface area contributed by atoms with Crippen molar-refractivity contribution in [2.24, 2.45) is 0 Å². The fraction of sp³-hybridized carbons (Fsp3) is 0.556. The lowest BCUT2D eigenvalue weighted by Crippen LogP contribution is -2.40. The van der Waals surface area contributed by atoms with Crippen LogP contribution in [0.25, 0.3) is 5.65 Å². The van der Waals surface area contributed by atoms with Gasteiger partial charge in [0.25, 0.3) is 0 Å². The highest BCUT2D eigenvalue weighted by Gasteiger charge is 2.24. The first-order chi connectivity index (χ1) is 11.7. The van der Waals surface area contributed by atoms with E-state index in [1.54, 1.807) is 0 Å². The van der Waals surface area contributed by atoms with E-state index in [0.717, 1.165) is 43.9 Å². The second-order valence-electron chi connectivity index (χ2n) is 6.21. The van der Waals surface area contributed by atoms with Crippen molar-refractivity contribution in [2.45, 2.75) is 38.8 Å². The third-order valence-corrected chi connectivity index (χ3v) is 4.72. The standard InChI is InChI=1S/C18H25N3O3/c1-14-16(21-9-4-3-5-17(21)19-14)13-20(10-6-18(22)23-2)15-7-11-24-12-8-15/h3-5,9,15H,6-8,10-13H2,1-2H3. The van der Waals surface area contributed by atoms with Crippen LogP contribution in [0.2, 0.25) is 0 Å². The maximum absolute atomic E-state index is 11.6. The largest absolute Gasteiger partial charge is 0.469 e. The van der Waals surface area contributed by atoms with E-state index in [1.807, 2.05) is 31.3 Å². The smallest absolute Gasteiger partial charge is 0.306 e. The quantitative estimate of drug-likeness (QED) is 0.760. The van der Waals surface area contributed by atoms with E-state index in [1.165, 1.54) is 12.8 Å². The Balaban J connectivity index is 1.81. The summed E-state index contributed by atoms with van der Waals surface area (Å²) in [6.45, 7) is 5.08. The number of nitrogens with zero attached hydrogens (tertiary/aromatic N) is 3. The van der Waals surface area contributed by atoms with Crippen molar-refractivity contribution in [3.05, 3.63) is 35.8 Å². The highest BCUT2D eigenvalue weighted by molar-refractivity contribution is 5.69. The molecule has 2 aromatic rings. The van der Waals surface area contributed by atoms with Crippen LogP contribution in [0.1, 0.15) is 30.7 Å². The Bertz CT molecular complexity index is 692. The molecule has 24 heavy (non-hydrogen) atoms. The van der Waals surface area contributed by atoms with E-state index in [2.05, 4.69) is 14.3 Å². The molecule has 0 amide bonds. The number of fused-ring (bicyclic) bond motifs is 1. The van der Waals surface area contributed by atoms with Gasteiger partial charge in [-0.25, -0.2) is 4.98 Å². The van der Waals surface area contributed by atoms with Gasteiger partial charge in [-0.3, -0.25) is 9.69 Å². The molecule has 3 rings (SSSR count). The highest BCUT2D eigenvalue weighted by Crippen LogP contribution is 2.20. The molecule has 1 saturated heterocycles. The molecule has 1 aliphatic heterocycles. The molecule has 0 aromatic carbocycles. The molecule has 0 unspecified atom stereocenters. The molecule has 0 N–H and O–H groups in total. The molecule has 130 valence electrons. The first-order valence-electron chi connectivity index (χ1n) is 8.50. The van der Waals surface area contributed by atoms with Crippen LogP contribution in [0.3, 0.4) is 0 Å². The molecule has 1 aliphatic rings. The van der Waals surface area contributed by atoms with Gasteiger partial charge in [-0.2, -0.15) is 0 Å². The first kappa shape index (κ1) is 16.9. The van der Waals surface area contributed by atoms with Crippen LogP contribution >= 0.6 is 0 Å². The maximum atomic E-state index is 11.6. The second kappa shape index (κ2) is 7.77. The predicted octanol–water partition coefficient (Wildman–Crippen LogP) is 2.19. The Morgan fingerprint density at radius 3 is 2.96 bits per heavy atom. The third-order valence-electron chi connectivity index (χ3n) is 4.72. The summed E-state index contributed by atoms with van der Waals surface area (Å²) in [5.74, 6) is -0.165. The monoisotopic (exact) mass is 331 g/mol. The molecule has 0 radical (unpaired) electrons. The number of hydrogen-bond acceptors (Lipinski definition) is 5. The van der Waals surface area contributed by atoms with Crippen LogP contribution in [0.15, 0.2) is 24.4 Å². The van der Waals surface area contributed by atoms with Crippen molar-refractivity contribution >= 4 is 11.6 Å². The van der Waals surface area contributed by atoms with E-state index in [-0.39, 0.29) is 5.97 Å². The number of aryl methyl sites for hydroxylation is 1. The van der Waals surface area contributed by atoms with Crippen LogP contribution in [0, 0.1) is 6.92 Å². The Morgan fingerprint density at radius 1 is 1.42 bits per heavy atom. The number of esters is 1. The van der Waals surface area contributed by atoms with Crippen molar-refractivity contribution in [3.63, 3.8) is 0 Å². The van der Waals surface area contributed by atoms with Gasteiger partial charge in [0.05, 0.1) is 24.9 Å². The normalized spacial score (nSPS) is 16.0. The Hall–Kier alpha value is -1.92. The molecule has 0 saturated carbocycles. The Kier molecular flexibility index (Phi) is 5.48. The number of pyridine rings is 1. The van der Waals surface area contributed by atoms with E-state index in [0.29, 0.717) is 19.0 Å². The summed E-state index contributed by atoms with van der Waals surface area (Å²) in [5, 5.41) is 0. The SMILES string of the molecule is COC(=O)CCN(Cc1c(C)nc2ccccn12)C1CCOCC1. The van der Waals surface area contributed by atoms with Crippen LogP contribution in [0.5, 0.6) is 0 Å². The van der Waals surface area contributed by atoms with Gasteiger partial charge in [-0.1, -0.05) is 6.07 Å². The zero-order valence-electron chi connectivity index (χ0n) is 14.4. The van der Waals surface area contributed by atoms with Crippen molar-refractivity contribution in [1.29, 1.82) is 0 Å². The van der Waals surface area contributed by atoms with E-state index in [4.69, 9.17) is 9.47 Å². The molecule has 0 atom stereocenters. The minimum atomic E-state index is -0.165. The summed E-state index contributed by atoms with van der Waals surface area (Å²) in [4.78, 5) is 18.6. The minimum Gasteiger partial charge on any atom is -0.469 e. The van der Waals surface area contributed by atoms with Crippen LogP contribution < -0.4 is 0 Å². The number of aromatic nitrogens is 2. The molecule has 0 aliphatic carbocycles. The number of hydrogen-bond donors (Lipinski definition) is 0. The molecule has 6 nitrogen and oxygen atoms in total. The van der Waals surface area contributed by atoms with Gasteiger partial charge in [-0.15, -0.1) is 0 Å². The summed E-state index contributed by atoms with van der Waals surface area (Å²) >= 11 is 0. The number of imidazole rings is 1. The highest BCUT2D eigenvalue weighted by atomic mass is 16.5. The van der Waals surface area contributed by atoms with Gasteiger partial charge >= 0.3 is 5.97 Å². The maximum Gasteiger partial charge on any atom is 0.306 e. The van der Waals surface area contributed by atoms with E-state index in [9.17, 15) is 4.79 Å². The van der Waals surface area contributed by atoms with Crippen molar-refractivity contribution in [1.82, 2.24) is 14.3 Å². The number of rotatable bonds is 6. The summed E-state index contributed by atoms with van der Waals surface area (Å²) in [7, 11) is 1.44. The van der Waals surface area contributed by atoms with Gasteiger partial charge in [0.1, 0.15) is 5.65 Å². The predicted molar refractivity (Wildman–Crippen MR) is 90.8 cm³/mol. The number of carbonyl (C=O) groups excluding carboxylic acids is 1. The average molecular weight is 331 g/mol. The van der Waals surface area contributed by atoms with Gasteiger partial charge in [0.2, 0.25) is 0 Å². The first-order valence-corrected chi connectivity index (χ1v) is 8.50. The third kappa shape index (κ3) is 3.76. The van der Waals surface area contributed by atoms with Gasteiger partial charge in [0.15, 0.2) is 0 Å². The summed E-state index contributed by atoms with van der Waals surface area (Å²) in [6, 6.07) is 6.46. The molecular formula is C18H25N3O3. The summed E-state index contributed by atoms with van der Waals surface area (Å²) in [6.07, 6.45) is 4.45. The lowest BCUT2D eigenvalue weighted by Gasteiger charge is -2.34. The van der Waals surface area contributed by atoms with Gasteiger partial charge in [-0.05, 0) is 31.9 Å². The summed E-state index contributed by atoms with van der Waals surface area (Å²) < 4.78 is 12.4. The molecule has 0 bridgehead atoms.